The van der Waals surface area contributed by atoms with Crippen molar-refractivity contribution in [3.05, 3.63) is 59.7 Å². The van der Waals surface area contributed by atoms with Gasteiger partial charge in [0.25, 0.3) is 0 Å². The molecule has 2 aromatic carbocycles. The van der Waals surface area contributed by atoms with E-state index in [9.17, 15) is 22.0 Å². The van der Waals surface area contributed by atoms with Crippen molar-refractivity contribution in [2.75, 3.05) is 24.2 Å². The van der Waals surface area contributed by atoms with Crippen molar-refractivity contribution in [2.45, 2.75) is 13.0 Å². The molecule has 0 spiro atoms. The Bertz CT molecular complexity index is 899. The van der Waals surface area contributed by atoms with E-state index in [1.165, 1.54) is 7.11 Å². The molecule has 0 bridgehead atoms. The first-order chi connectivity index (χ1) is 12.7. The molecular formula is C18H20F2N2O4S. The first kappa shape index (κ1) is 20.6. The summed E-state index contributed by atoms with van der Waals surface area (Å²) in [5.41, 5.74) is 0.0472. The molecule has 2 aromatic rings. The SMILES string of the molecule is COc1ccccc1CNC(=O)CCN(c1c(F)cccc1F)S(C)(=O)=O. The van der Waals surface area contributed by atoms with Crippen molar-refractivity contribution >= 4 is 21.6 Å². The number of ether oxygens (including phenoxy) is 1. The molecule has 0 aliphatic rings. The summed E-state index contributed by atoms with van der Waals surface area (Å²) in [5.74, 6) is -1.90. The summed E-state index contributed by atoms with van der Waals surface area (Å²) < 4.78 is 57.5. The Morgan fingerprint density at radius 1 is 1.11 bits per heavy atom. The van der Waals surface area contributed by atoms with Gasteiger partial charge < -0.3 is 10.1 Å². The van der Waals surface area contributed by atoms with Crippen LogP contribution in [0, 0.1) is 11.6 Å². The number of carbonyl (C=O) groups is 1. The van der Waals surface area contributed by atoms with Crippen LogP contribution in [0.25, 0.3) is 0 Å². The van der Waals surface area contributed by atoms with Crippen LogP contribution in [0.5, 0.6) is 5.75 Å². The Hall–Kier alpha value is -2.68. The number of nitrogens with one attached hydrogen (secondary N) is 1. The Morgan fingerprint density at radius 3 is 2.33 bits per heavy atom. The maximum atomic E-state index is 13.9. The largest absolute Gasteiger partial charge is 0.496 e. The maximum Gasteiger partial charge on any atom is 0.232 e. The number of amides is 1. The molecule has 0 unspecified atom stereocenters. The Balaban J connectivity index is 2.06. The molecule has 9 heteroatoms. The number of para-hydroxylation sites is 2. The predicted molar refractivity (Wildman–Crippen MR) is 98.0 cm³/mol. The van der Waals surface area contributed by atoms with Gasteiger partial charge in [0, 0.05) is 25.1 Å². The van der Waals surface area contributed by atoms with Gasteiger partial charge in [-0.3, -0.25) is 9.10 Å². The van der Waals surface area contributed by atoms with Gasteiger partial charge in [0.2, 0.25) is 15.9 Å². The van der Waals surface area contributed by atoms with Crippen LogP contribution in [-0.4, -0.2) is 34.2 Å². The summed E-state index contributed by atoms with van der Waals surface area (Å²) in [5, 5.41) is 2.63. The molecule has 0 saturated heterocycles. The molecule has 2 rings (SSSR count). The summed E-state index contributed by atoms with van der Waals surface area (Å²) in [6, 6.07) is 10.1. The molecule has 1 amide bonds. The van der Waals surface area contributed by atoms with E-state index in [1.807, 2.05) is 0 Å². The highest BCUT2D eigenvalue weighted by atomic mass is 32.2. The molecule has 0 radical (unpaired) electrons. The Morgan fingerprint density at radius 2 is 1.74 bits per heavy atom. The predicted octanol–water partition coefficient (Wildman–Crippen LogP) is 2.45. The number of hydrogen-bond donors (Lipinski definition) is 1. The van der Waals surface area contributed by atoms with Gasteiger partial charge in [0.1, 0.15) is 11.4 Å². The third-order valence-electron chi connectivity index (χ3n) is 3.80. The zero-order valence-corrected chi connectivity index (χ0v) is 15.7. The highest BCUT2D eigenvalue weighted by Gasteiger charge is 2.25. The minimum atomic E-state index is -3.98. The highest BCUT2D eigenvalue weighted by molar-refractivity contribution is 7.92. The molecule has 146 valence electrons. The van der Waals surface area contributed by atoms with Gasteiger partial charge in [-0.05, 0) is 18.2 Å². The Kier molecular flexibility index (Phi) is 6.73. The van der Waals surface area contributed by atoms with Gasteiger partial charge in [0.15, 0.2) is 11.6 Å². The molecule has 0 fully saturated rings. The molecule has 0 heterocycles. The van der Waals surface area contributed by atoms with Gasteiger partial charge in [-0.15, -0.1) is 0 Å². The van der Waals surface area contributed by atoms with Crippen molar-refractivity contribution in [1.29, 1.82) is 0 Å². The molecule has 0 saturated carbocycles. The summed E-state index contributed by atoms with van der Waals surface area (Å²) >= 11 is 0. The van der Waals surface area contributed by atoms with Crippen LogP contribution < -0.4 is 14.4 Å². The second-order valence-electron chi connectivity index (χ2n) is 5.74. The van der Waals surface area contributed by atoms with E-state index < -0.39 is 39.8 Å². The van der Waals surface area contributed by atoms with E-state index in [2.05, 4.69) is 5.32 Å². The lowest BCUT2D eigenvalue weighted by molar-refractivity contribution is -0.121. The van der Waals surface area contributed by atoms with Crippen molar-refractivity contribution in [2.24, 2.45) is 0 Å². The monoisotopic (exact) mass is 398 g/mol. The third kappa shape index (κ3) is 5.40. The van der Waals surface area contributed by atoms with Gasteiger partial charge in [-0.1, -0.05) is 24.3 Å². The van der Waals surface area contributed by atoms with Crippen LogP contribution in [0.3, 0.4) is 0 Å². The number of halogens is 2. The normalized spacial score (nSPS) is 11.1. The van der Waals surface area contributed by atoms with Crippen LogP contribution in [-0.2, 0) is 21.4 Å². The average Bonchev–Trinajstić information content (AvgIpc) is 2.61. The van der Waals surface area contributed by atoms with Gasteiger partial charge in [-0.25, -0.2) is 17.2 Å². The van der Waals surface area contributed by atoms with Crippen molar-refractivity contribution in [3.8, 4) is 5.75 Å². The smallest absolute Gasteiger partial charge is 0.232 e. The zero-order valence-electron chi connectivity index (χ0n) is 14.9. The van der Waals surface area contributed by atoms with Crippen LogP contribution in [0.2, 0.25) is 0 Å². The van der Waals surface area contributed by atoms with E-state index in [1.54, 1.807) is 24.3 Å². The van der Waals surface area contributed by atoms with E-state index in [-0.39, 0.29) is 13.0 Å². The van der Waals surface area contributed by atoms with E-state index in [4.69, 9.17) is 4.74 Å². The fraction of sp³-hybridized carbons (Fsp3) is 0.278. The molecule has 1 N–H and O–H groups in total. The molecule has 27 heavy (non-hydrogen) atoms. The fourth-order valence-electron chi connectivity index (χ4n) is 2.51. The minimum absolute atomic E-state index is 0.176. The zero-order chi connectivity index (χ0) is 20.0. The Labute approximate surface area is 156 Å². The van der Waals surface area contributed by atoms with Gasteiger partial charge in [0.05, 0.1) is 13.4 Å². The van der Waals surface area contributed by atoms with Crippen molar-refractivity contribution in [1.82, 2.24) is 5.32 Å². The van der Waals surface area contributed by atoms with E-state index >= 15 is 0 Å². The molecule has 6 nitrogen and oxygen atoms in total. The standard InChI is InChI=1S/C18H20F2N2O4S/c1-26-16-9-4-3-6-13(16)12-21-17(23)10-11-22(27(2,24)25)18-14(19)7-5-8-15(18)20/h3-9H,10-12H2,1-2H3,(H,21,23). The van der Waals surface area contributed by atoms with Gasteiger partial charge >= 0.3 is 0 Å². The number of nitrogens with zero attached hydrogens (tertiary/aromatic N) is 1. The van der Waals surface area contributed by atoms with E-state index in [0.29, 0.717) is 10.1 Å². The summed E-state index contributed by atoms with van der Waals surface area (Å²) in [7, 11) is -2.48. The lowest BCUT2D eigenvalue weighted by Gasteiger charge is -2.23. The summed E-state index contributed by atoms with van der Waals surface area (Å²) in [6.07, 6.45) is 0.557. The summed E-state index contributed by atoms with van der Waals surface area (Å²) in [6.45, 7) is -0.218. The number of carbonyl (C=O) groups excluding carboxylic acids is 1. The van der Waals surface area contributed by atoms with Gasteiger partial charge in [-0.2, -0.15) is 0 Å². The number of sulfonamides is 1. The number of benzene rings is 2. The minimum Gasteiger partial charge on any atom is -0.496 e. The lowest BCUT2D eigenvalue weighted by Crippen LogP contribution is -2.35. The quantitative estimate of drug-likeness (QED) is 0.741. The molecular weight excluding hydrogens is 378 g/mol. The molecule has 0 aliphatic carbocycles. The number of hydrogen-bond acceptors (Lipinski definition) is 4. The first-order valence-corrected chi connectivity index (χ1v) is 9.89. The molecule has 0 aromatic heterocycles. The molecule has 0 aliphatic heterocycles. The maximum absolute atomic E-state index is 13.9. The topological polar surface area (TPSA) is 75.7 Å². The highest BCUT2D eigenvalue weighted by Crippen LogP contribution is 2.25. The van der Waals surface area contributed by atoms with Crippen molar-refractivity contribution in [3.63, 3.8) is 0 Å². The van der Waals surface area contributed by atoms with Crippen molar-refractivity contribution < 1.29 is 26.7 Å². The van der Waals surface area contributed by atoms with Crippen LogP contribution in [0.4, 0.5) is 14.5 Å². The number of rotatable bonds is 8. The lowest BCUT2D eigenvalue weighted by atomic mass is 10.2. The number of methoxy groups -OCH3 is 1. The second kappa shape index (κ2) is 8.81. The van der Waals surface area contributed by atoms with E-state index in [0.717, 1.165) is 30.0 Å². The first-order valence-electron chi connectivity index (χ1n) is 8.04. The number of anilines is 1. The summed E-state index contributed by atoms with van der Waals surface area (Å²) in [4.78, 5) is 12.1. The third-order valence-corrected chi connectivity index (χ3v) is 4.96. The molecule has 0 atom stereocenters. The average molecular weight is 398 g/mol. The van der Waals surface area contributed by atoms with Crippen LogP contribution >= 0.6 is 0 Å². The van der Waals surface area contributed by atoms with Crippen LogP contribution in [0.1, 0.15) is 12.0 Å². The van der Waals surface area contributed by atoms with Crippen LogP contribution in [0.15, 0.2) is 42.5 Å². The fourth-order valence-corrected chi connectivity index (χ4v) is 3.43. The second-order valence-corrected chi connectivity index (χ2v) is 7.65.